The summed E-state index contributed by atoms with van der Waals surface area (Å²) >= 11 is 0. The van der Waals surface area contributed by atoms with Crippen LogP contribution in [0.5, 0.6) is 0 Å². The smallest absolute Gasteiger partial charge is 0.0757 e. The standard InChI is InChI=1S/C14H18N2/c1-5-11-8-12(15-4)13-9(2)6-7-10(3)14(13)16-11/h6-8H,5H2,1-4H3,(H,15,16). The van der Waals surface area contributed by atoms with Crippen molar-refractivity contribution in [3.05, 3.63) is 35.0 Å². The van der Waals surface area contributed by atoms with E-state index in [1.807, 2.05) is 7.05 Å². The fourth-order valence-corrected chi connectivity index (χ4v) is 2.07. The first kappa shape index (κ1) is 10.9. The second kappa shape index (κ2) is 4.12. The number of aryl methyl sites for hydroxylation is 3. The zero-order valence-electron chi connectivity index (χ0n) is 10.4. The van der Waals surface area contributed by atoms with E-state index in [9.17, 15) is 0 Å². The first-order valence-corrected chi connectivity index (χ1v) is 5.75. The lowest BCUT2D eigenvalue weighted by Crippen LogP contribution is -1.98. The minimum absolute atomic E-state index is 0.970. The predicted octanol–water partition coefficient (Wildman–Crippen LogP) is 3.46. The highest BCUT2D eigenvalue weighted by Gasteiger charge is 2.08. The number of hydrogen-bond donors (Lipinski definition) is 1. The molecule has 0 radical (unpaired) electrons. The van der Waals surface area contributed by atoms with Gasteiger partial charge in [-0.25, -0.2) is 0 Å². The van der Waals surface area contributed by atoms with E-state index in [4.69, 9.17) is 4.98 Å². The minimum Gasteiger partial charge on any atom is -0.388 e. The molecule has 2 nitrogen and oxygen atoms in total. The quantitative estimate of drug-likeness (QED) is 0.828. The molecule has 0 aliphatic rings. The van der Waals surface area contributed by atoms with Crippen molar-refractivity contribution in [2.24, 2.45) is 0 Å². The average molecular weight is 214 g/mol. The van der Waals surface area contributed by atoms with E-state index < -0.39 is 0 Å². The Morgan fingerprint density at radius 3 is 2.50 bits per heavy atom. The molecule has 1 N–H and O–H groups in total. The zero-order valence-corrected chi connectivity index (χ0v) is 10.4. The van der Waals surface area contributed by atoms with Gasteiger partial charge >= 0.3 is 0 Å². The second-order valence-corrected chi connectivity index (χ2v) is 4.19. The second-order valence-electron chi connectivity index (χ2n) is 4.19. The van der Waals surface area contributed by atoms with Gasteiger partial charge in [-0.1, -0.05) is 19.1 Å². The van der Waals surface area contributed by atoms with Gasteiger partial charge in [-0.2, -0.15) is 0 Å². The molecule has 1 aromatic heterocycles. The van der Waals surface area contributed by atoms with Crippen molar-refractivity contribution in [1.82, 2.24) is 4.98 Å². The zero-order chi connectivity index (χ0) is 11.7. The van der Waals surface area contributed by atoms with Gasteiger partial charge < -0.3 is 5.32 Å². The van der Waals surface area contributed by atoms with Crippen molar-refractivity contribution >= 4 is 16.6 Å². The van der Waals surface area contributed by atoms with Crippen LogP contribution in [0.1, 0.15) is 23.7 Å². The van der Waals surface area contributed by atoms with Crippen molar-refractivity contribution in [1.29, 1.82) is 0 Å². The van der Waals surface area contributed by atoms with Gasteiger partial charge in [0.05, 0.1) is 5.52 Å². The van der Waals surface area contributed by atoms with Crippen molar-refractivity contribution in [2.75, 3.05) is 12.4 Å². The number of nitrogens with zero attached hydrogens (tertiary/aromatic N) is 1. The first-order valence-electron chi connectivity index (χ1n) is 5.75. The van der Waals surface area contributed by atoms with E-state index >= 15 is 0 Å². The Kier molecular flexibility index (Phi) is 2.82. The minimum atomic E-state index is 0.970. The maximum Gasteiger partial charge on any atom is 0.0757 e. The van der Waals surface area contributed by atoms with Crippen LogP contribution in [0.25, 0.3) is 10.9 Å². The molecule has 16 heavy (non-hydrogen) atoms. The summed E-state index contributed by atoms with van der Waals surface area (Å²) in [6.45, 7) is 6.39. The normalized spacial score (nSPS) is 10.8. The predicted molar refractivity (Wildman–Crippen MR) is 70.1 cm³/mol. The molecule has 0 spiro atoms. The van der Waals surface area contributed by atoms with E-state index in [0.717, 1.165) is 17.6 Å². The van der Waals surface area contributed by atoms with E-state index in [1.54, 1.807) is 0 Å². The van der Waals surface area contributed by atoms with Crippen LogP contribution < -0.4 is 5.32 Å². The van der Waals surface area contributed by atoms with Crippen LogP contribution >= 0.6 is 0 Å². The molecule has 0 aliphatic heterocycles. The third-order valence-electron chi connectivity index (χ3n) is 3.06. The highest BCUT2D eigenvalue weighted by molar-refractivity contribution is 5.95. The molecule has 1 heterocycles. The molecule has 0 amide bonds. The van der Waals surface area contributed by atoms with Gasteiger partial charge in [0.15, 0.2) is 0 Å². The lowest BCUT2D eigenvalue weighted by Gasteiger charge is -2.12. The molecule has 84 valence electrons. The maximum atomic E-state index is 4.72. The number of hydrogen-bond acceptors (Lipinski definition) is 2. The molecule has 0 saturated carbocycles. The lowest BCUT2D eigenvalue weighted by atomic mass is 10.0. The molecule has 2 aromatic rings. The largest absolute Gasteiger partial charge is 0.388 e. The van der Waals surface area contributed by atoms with Crippen molar-refractivity contribution < 1.29 is 0 Å². The third kappa shape index (κ3) is 1.64. The number of fused-ring (bicyclic) bond motifs is 1. The summed E-state index contributed by atoms with van der Waals surface area (Å²) in [7, 11) is 1.97. The number of pyridine rings is 1. The summed E-state index contributed by atoms with van der Waals surface area (Å²) in [4.78, 5) is 4.72. The average Bonchev–Trinajstić information content (AvgIpc) is 2.32. The van der Waals surface area contributed by atoms with Crippen LogP contribution in [-0.4, -0.2) is 12.0 Å². The molecule has 0 unspecified atom stereocenters. The fourth-order valence-electron chi connectivity index (χ4n) is 2.07. The molecule has 0 aliphatic carbocycles. The Morgan fingerprint density at radius 1 is 1.19 bits per heavy atom. The van der Waals surface area contributed by atoms with Crippen molar-refractivity contribution in [3.8, 4) is 0 Å². The Labute approximate surface area is 96.7 Å². The number of rotatable bonds is 2. The summed E-state index contributed by atoms with van der Waals surface area (Å²) in [6.07, 6.45) is 0.970. The van der Waals surface area contributed by atoms with Crippen LogP contribution in [0.2, 0.25) is 0 Å². The van der Waals surface area contributed by atoms with Gasteiger partial charge in [0.2, 0.25) is 0 Å². The highest BCUT2D eigenvalue weighted by atomic mass is 14.8. The molecular weight excluding hydrogens is 196 g/mol. The number of anilines is 1. The Balaban J connectivity index is 2.88. The third-order valence-corrected chi connectivity index (χ3v) is 3.06. The van der Waals surface area contributed by atoms with E-state index in [0.29, 0.717) is 0 Å². The van der Waals surface area contributed by atoms with Crippen LogP contribution in [-0.2, 0) is 6.42 Å². The van der Waals surface area contributed by atoms with Gasteiger partial charge in [0, 0.05) is 23.8 Å². The highest BCUT2D eigenvalue weighted by Crippen LogP contribution is 2.28. The summed E-state index contributed by atoms with van der Waals surface area (Å²) in [5.41, 5.74) is 5.98. The molecular formula is C14H18N2. The van der Waals surface area contributed by atoms with Gasteiger partial charge in [-0.3, -0.25) is 4.98 Å². The molecule has 0 bridgehead atoms. The molecule has 2 rings (SSSR count). The molecule has 0 saturated heterocycles. The van der Waals surface area contributed by atoms with Crippen LogP contribution in [0.3, 0.4) is 0 Å². The number of benzene rings is 1. The van der Waals surface area contributed by atoms with Crippen LogP contribution in [0.4, 0.5) is 5.69 Å². The fraction of sp³-hybridized carbons (Fsp3) is 0.357. The Morgan fingerprint density at radius 2 is 1.88 bits per heavy atom. The Bertz CT molecular complexity index is 530. The summed E-state index contributed by atoms with van der Waals surface area (Å²) in [5.74, 6) is 0. The molecule has 0 atom stereocenters. The molecule has 0 fully saturated rings. The Hall–Kier alpha value is -1.57. The van der Waals surface area contributed by atoms with E-state index in [2.05, 4.69) is 44.3 Å². The van der Waals surface area contributed by atoms with Gasteiger partial charge in [-0.15, -0.1) is 0 Å². The van der Waals surface area contributed by atoms with Gasteiger partial charge in [-0.05, 0) is 37.5 Å². The maximum absolute atomic E-state index is 4.72. The summed E-state index contributed by atoms with van der Waals surface area (Å²) < 4.78 is 0. The first-order chi connectivity index (χ1) is 7.67. The van der Waals surface area contributed by atoms with Crippen molar-refractivity contribution in [2.45, 2.75) is 27.2 Å². The van der Waals surface area contributed by atoms with Crippen LogP contribution in [0.15, 0.2) is 18.2 Å². The lowest BCUT2D eigenvalue weighted by molar-refractivity contribution is 1.05. The van der Waals surface area contributed by atoms with Gasteiger partial charge in [0.25, 0.3) is 0 Å². The number of nitrogens with one attached hydrogen (secondary N) is 1. The van der Waals surface area contributed by atoms with E-state index in [-0.39, 0.29) is 0 Å². The molecule has 1 aromatic carbocycles. The monoisotopic (exact) mass is 214 g/mol. The van der Waals surface area contributed by atoms with Crippen LogP contribution in [0, 0.1) is 13.8 Å². The topological polar surface area (TPSA) is 24.9 Å². The summed E-state index contributed by atoms with van der Waals surface area (Å²) in [5, 5.41) is 4.52. The van der Waals surface area contributed by atoms with Crippen molar-refractivity contribution in [3.63, 3.8) is 0 Å². The van der Waals surface area contributed by atoms with E-state index in [1.165, 1.54) is 22.2 Å². The SMILES string of the molecule is CCc1cc(NC)c2c(C)ccc(C)c2n1. The number of aromatic nitrogens is 1. The molecule has 2 heteroatoms. The van der Waals surface area contributed by atoms with Gasteiger partial charge in [0.1, 0.15) is 0 Å². The summed E-state index contributed by atoms with van der Waals surface area (Å²) in [6, 6.07) is 6.45.